The number of aliphatic hydroxyl groups excluding tert-OH is 1. The van der Waals surface area contributed by atoms with Gasteiger partial charge in [-0.3, -0.25) is 38.7 Å². The molecule has 4 amide bonds. The van der Waals surface area contributed by atoms with Crippen molar-refractivity contribution in [2.45, 2.75) is 125 Å². The lowest BCUT2D eigenvalue weighted by atomic mass is 10.1. The minimum Gasteiger partial charge on any atom is -0.465 e. The number of aryl methyl sites for hydroxylation is 3. The number of ether oxygens (including phenoxy) is 6. The zero-order valence-electron chi connectivity index (χ0n) is 45.9. The van der Waals surface area contributed by atoms with Crippen LogP contribution in [-0.4, -0.2) is 171 Å². The Morgan fingerprint density at radius 1 is 0.679 bits per heavy atom. The second-order valence-corrected chi connectivity index (χ2v) is 20.4. The second-order valence-electron chi connectivity index (χ2n) is 20.4. The molecule has 0 radical (unpaired) electrons. The Balaban J connectivity index is 0.000000193. The van der Waals surface area contributed by atoms with E-state index >= 15 is 0 Å². The third kappa shape index (κ3) is 15.3. The quantitative estimate of drug-likeness (QED) is 0.0406. The van der Waals surface area contributed by atoms with E-state index in [1.54, 1.807) is 12.1 Å². The smallest absolute Gasteiger partial charge is 0.420 e. The molecule has 1 unspecified atom stereocenters. The van der Waals surface area contributed by atoms with Gasteiger partial charge in [-0.1, -0.05) is 0 Å². The Kier molecular flexibility index (Phi) is 18.8. The summed E-state index contributed by atoms with van der Waals surface area (Å²) in [6, 6.07) is 5.64. The fourth-order valence-electron chi connectivity index (χ4n) is 8.98. The van der Waals surface area contributed by atoms with Crippen molar-refractivity contribution >= 4 is 41.6 Å². The van der Waals surface area contributed by atoms with E-state index in [0.29, 0.717) is 24.2 Å². The average molecular weight is 1210 g/mol. The molecular weight excluding hydrogens is 1150 g/mol. The SMILES string of the molecule is COC(=O)c1cc(C(O)C(F)(F)F)nn1C.CO[C@@H](c1cc(C(=O)Nc2cc([C@H]3C[C@@H](OC(=O)NC4(C)CC4)CO3)[nH]n2)n(C)n1)C(F)(F)F.CO[C@H](c1cc(C(=O)Nc2cc([C@H]3C[C@@H](N(C(=O)O)C4(C)CC4)CO3)[nH]n2)n(C)n1)C(F)(F)F. The van der Waals surface area contributed by atoms with Crippen LogP contribution in [0.4, 0.5) is 60.7 Å². The van der Waals surface area contributed by atoms with Gasteiger partial charge in [0.1, 0.15) is 52.5 Å². The lowest BCUT2D eigenvalue weighted by Crippen LogP contribution is -2.47. The Hall–Kier alpha value is -7.83. The number of hydrogen-bond acceptors (Lipinski definition) is 17. The molecule has 7 heterocycles. The van der Waals surface area contributed by atoms with Gasteiger partial charge in [0.2, 0.25) is 0 Å². The van der Waals surface area contributed by atoms with Gasteiger partial charge in [-0.05, 0) is 57.7 Å². The highest BCUT2D eigenvalue weighted by atomic mass is 19.4. The van der Waals surface area contributed by atoms with Crippen LogP contribution in [0, 0.1) is 0 Å². The summed E-state index contributed by atoms with van der Waals surface area (Å²) >= 11 is 0. The van der Waals surface area contributed by atoms with E-state index < -0.39 is 102 Å². The van der Waals surface area contributed by atoms with Gasteiger partial charge in [-0.15, -0.1) is 0 Å². The van der Waals surface area contributed by atoms with Crippen LogP contribution < -0.4 is 16.0 Å². The summed E-state index contributed by atoms with van der Waals surface area (Å²) in [5, 5.41) is 50.8. The molecule has 0 spiro atoms. The van der Waals surface area contributed by atoms with Crippen molar-refractivity contribution in [3.8, 4) is 0 Å². The normalized spacial score (nSPS) is 20.7. The van der Waals surface area contributed by atoms with E-state index in [2.05, 4.69) is 65.9 Å². The van der Waals surface area contributed by atoms with Gasteiger partial charge >= 0.3 is 36.7 Å². The van der Waals surface area contributed by atoms with Crippen molar-refractivity contribution in [1.82, 2.24) is 60.0 Å². The molecule has 27 nitrogen and oxygen atoms in total. The highest BCUT2D eigenvalue weighted by Crippen LogP contribution is 2.46. The van der Waals surface area contributed by atoms with Crippen LogP contribution in [0.15, 0.2) is 30.3 Å². The van der Waals surface area contributed by atoms with E-state index in [-0.39, 0.29) is 59.1 Å². The highest BCUT2D eigenvalue weighted by molar-refractivity contribution is 6.03. The number of nitrogens with one attached hydrogen (secondary N) is 5. The number of anilines is 2. The van der Waals surface area contributed by atoms with Gasteiger partial charge in [0.25, 0.3) is 11.8 Å². The molecule has 0 bridgehead atoms. The number of carbonyl (C=O) groups excluding carboxylic acids is 4. The molecule has 0 aromatic carbocycles. The van der Waals surface area contributed by atoms with E-state index in [1.165, 1.54) is 26.0 Å². The molecule has 9 rings (SSSR count). The first kappa shape index (κ1) is 63.7. The number of rotatable bonds is 16. The van der Waals surface area contributed by atoms with Crippen LogP contribution in [0.25, 0.3) is 0 Å². The monoisotopic (exact) mass is 1210 g/mol. The lowest BCUT2D eigenvalue weighted by Gasteiger charge is -2.31. The molecule has 2 aliphatic carbocycles. The molecule has 36 heteroatoms. The minimum atomic E-state index is -4.82. The minimum absolute atomic E-state index is 0.105. The van der Waals surface area contributed by atoms with Crippen molar-refractivity contribution in [1.29, 1.82) is 0 Å². The third-order valence-corrected chi connectivity index (χ3v) is 13.9. The number of aliphatic hydroxyl groups is 1. The number of nitrogens with zero attached hydrogens (tertiary/aromatic N) is 9. The van der Waals surface area contributed by atoms with Crippen molar-refractivity contribution in [3.63, 3.8) is 0 Å². The van der Waals surface area contributed by atoms with Crippen LogP contribution in [0.5, 0.6) is 0 Å². The summed E-state index contributed by atoms with van der Waals surface area (Å²) in [6.07, 6.45) is -19.9. The first-order valence-corrected chi connectivity index (χ1v) is 25.3. The van der Waals surface area contributed by atoms with Gasteiger partial charge in [0.15, 0.2) is 29.9 Å². The topological polar surface area (TPSA) is 331 Å². The maximum atomic E-state index is 13.1. The largest absolute Gasteiger partial charge is 0.465 e. The Morgan fingerprint density at radius 3 is 1.56 bits per heavy atom. The zero-order valence-corrected chi connectivity index (χ0v) is 45.9. The molecular formula is C48H59F9N14O13. The standard InChI is InChI=1S/2C20H25F3N6O5.C8H9F3N2O3/c1-19(4-5-19)25-18(31)34-10-6-14(33-9-10)11-8-15(27-26-11)24-17(30)13-7-12(28-29(13)2)16(32-3)20(21,22)23;1-19(4-5-19)29(18(31)32)10-6-14(34-9-10)11-8-15(26-25-11)24-17(30)13-7-12(27-28(13)2)16(33-3)20(21,22)23;1-13-5(7(15)16-2)3-4(12-13)6(14)8(9,10)11/h7-8,10,14,16H,4-6,9H2,1-3H3,(H,25,31)(H2,24,26,27,30);7-8,10,14,16H,4-6,9H2,1-3H3,(H,31,32)(H2,24,25,26,30);3,6,14H,1-2H3/t10-,14-,16+;10-,14-,16-;/m11./s1. The van der Waals surface area contributed by atoms with Crippen molar-refractivity contribution < 1.29 is 102 Å². The van der Waals surface area contributed by atoms with E-state index in [4.69, 9.17) is 19.3 Å². The summed E-state index contributed by atoms with van der Waals surface area (Å²) in [5.41, 5.74) is -1.35. The van der Waals surface area contributed by atoms with E-state index in [1.807, 2.05) is 13.8 Å². The summed E-state index contributed by atoms with van der Waals surface area (Å²) in [6.45, 7) is 4.31. The zero-order chi connectivity index (χ0) is 62.0. The fraction of sp³-hybridized carbons (Fsp3) is 0.583. The van der Waals surface area contributed by atoms with Crippen molar-refractivity contribution in [3.05, 3.63) is 75.9 Å². The highest BCUT2D eigenvalue weighted by Gasteiger charge is 2.51. The number of amides is 4. The van der Waals surface area contributed by atoms with Crippen molar-refractivity contribution in [2.24, 2.45) is 21.1 Å². The molecule has 2 saturated heterocycles. The average Bonchev–Trinajstić information content (AvgIpc) is 2.78. The Morgan fingerprint density at radius 2 is 1.13 bits per heavy atom. The number of alkyl carbamates (subject to hydrolysis) is 1. The molecule has 4 fully saturated rings. The number of H-pyrrole nitrogens is 2. The molecule has 5 aromatic heterocycles. The third-order valence-electron chi connectivity index (χ3n) is 13.9. The van der Waals surface area contributed by atoms with E-state index in [0.717, 1.165) is 79.3 Å². The van der Waals surface area contributed by atoms with Crippen LogP contribution in [0.1, 0.15) is 143 Å². The molecule has 84 heavy (non-hydrogen) atoms. The lowest BCUT2D eigenvalue weighted by molar-refractivity contribution is -0.217. The summed E-state index contributed by atoms with van der Waals surface area (Å²) < 4.78 is 148. The second kappa shape index (κ2) is 24.8. The Labute approximate surface area is 469 Å². The number of esters is 1. The first-order valence-electron chi connectivity index (χ1n) is 25.3. The summed E-state index contributed by atoms with van der Waals surface area (Å²) in [4.78, 5) is 61.5. The number of alkyl halides is 9. The molecule has 7 atom stereocenters. The molecule has 7 N–H and O–H groups in total. The van der Waals surface area contributed by atoms with Crippen LogP contribution in [0.2, 0.25) is 0 Å². The van der Waals surface area contributed by atoms with Gasteiger partial charge in [0, 0.05) is 71.4 Å². The Bertz CT molecular complexity index is 3160. The maximum absolute atomic E-state index is 13.1. The van der Waals surface area contributed by atoms with Gasteiger partial charge < -0.3 is 54.6 Å². The van der Waals surface area contributed by atoms with Gasteiger partial charge in [-0.2, -0.15) is 65.0 Å². The molecule has 5 aromatic rings. The van der Waals surface area contributed by atoms with Crippen LogP contribution >= 0.6 is 0 Å². The number of carboxylic acid groups (broad SMARTS) is 1. The number of aromatic nitrogens is 10. The molecule has 2 saturated carbocycles. The molecule has 462 valence electrons. The first-order chi connectivity index (χ1) is 39.2. The fourth-order valence-corrected chi connectivity index (χ4v) is 8.98. The number of halogens is 9. The van der Waals surface area contributed by atoms with Crippen LogP contribution in [0.3, 0.4) is 0 Å². The molecule has 4 aliphatic rings. The van der Waals surface area contributed by atoms with Crippen LogP contribution in [-0.2, 0) is 49.6 Å². The van der Waals surface area contributed by atoms with E-state index in [9.17, 15) is 68.6 Å². The van der Waals surface area contributed by atoms with Crippen molar-refractivity contribution in [2.75, 3.05) is 45.2 Å². The summed E-state index contributed by atoms with van der Waals surface area (Å²) in [5.74, 6) is -1.95. The van der Waals surface area contributed by atoms with Gasteiger partial charge in [-0.25, -0.2) is 14.4 Å². The number of carbonyl (C=O) groups is 5. The number of hydrogen-bond donors (Lipinski definition) is 7. The number of methoxy groups -OCH3 is 3. The molecule has 2 aliphatic heterocycles. The van der Waals surface area contributed by atoms with Gasteiger partial charge in [0.05, 0.1) is 37.8 Å². The number of aromatic amines is 2. The summed E-state index contributed by atoms with van der Waals surface area (Å²) in [7, 11) is 6.89. The predicted octanol–water partition coefficient (Wildman–Crippen LogP) is 6.56. The predicted molar refractivity (Wildman–Crippen MR) is 266 cm³/mol. The maximum Gasteiger partial charge on any atom is 0.420 e.